The summed E-state index contributed by atoms with van der Waals surface area (Å²) in [7, 11) is 0. The van der Waals surface area contributed by atoms with Crippen LogP contribution in [0.15, 0.2) is 42.5 Å². The van der Waals surface area contributed by atoms with E-state index in [9.17, 15) is 19.5 Å². The number of aryl methyl sites for hydroxylation is 2. The second-order valence-electron chi connectivity index (χ2n) is 10.4. The van der Waals surface area contributed by atoms with Crippen LogP contribution in [0.4, 0.5) is 11.4 Å². The Morgan fingerprint density at radius 1 is 1.11 bits per heavy atom. The fourth-order valence-corrected chi connectivity index (χ4v) is 8.68. The topological polar surface area (TPSA) is 108 Å². The predicted octanol–water partition coefficient (Wildman–Crippen LogP) is 3.75. The van der Waals surface area contributed by atoms with Crippen LogP contribution < -0.4 is 15.4 Å². The van der Waals surface area contributed by atoms with Crippen LogP contribution in [0.1, 0.15) is 37.3 Å². The van der Waals surface area contributed by atoms with E-state index in [1.807, 2.05) is 39.0 Å². The number of anilines is 2. The minimum Gasteiger partial charge on any atom is -0.494 e. The number of aliphatic hydroxyl groups excluding tert-OH is 1. The van der Waals surface area contributed by atoms with Crippen molar-refractivity contribution in [1.29, 1.82) is 0 Å². The van der Waals surface area contributed by atoms with Crippen LogP contribution >= 0.6 is 11.8 Å². The minimum atomic E-state index is -0.705. The van der Waals surface area contributed by atoms with Gasteiger partial charge in [-0.3, -0.25) is 14.4 Å². The van der Waals surface area contributed by atoms with Crippen molar-refractivity contribution >= 4 is 40.9 Å². The average Bonchev–Trinajstić information content (AvgIpc) is 3.53. The van der Waals surface area contributed by atoms with E-state index in [0.29, 0.717) is 25.1 Å². The molecule has 5 atom stereocenters. The first kappa shape index (κ1) is 26.6. The smallest absolute Gasteiger partial charge is 0.248 e. The first-order valence-corrected chi connectivity index (χ1v) is 14.2. The summed E-state index contributed by atoms with van der Waals surface area (Å²) in [6, 6.07) is 12.3. The number of benzene rings is 2. The van der Waals surface area contributed by atoms with Gasteiger partial charge in [-0.15, -0.1) is 11.8 Å². The molecule has 3 aliphatic heterocycles. The quantitative estimate of drug-likeness (QED) is 0.450. The highest BCUT2D eigenvalue weighted by Gasteiger charge is 2.73. The van der Waals surface area contributed by atoms with E-state index in [-0.39, 0.29) is 36.1 Å². The molecule has 9 heteroatoms. The van der Waals surface area contributed by atoms with Gasteiger partial charge in [-0.2, -0.15) is 0 Å². The number of carbonyl (C=O) groups excluding carboxylic acids is 3. The molecule has 2 aromatic carbocycles. The van der Waals surface area contributed by atoms with Gasteiger partial charge in [-0.05, 0) is 75.4 Å². The Kier molecular flexibility index (Phi) is 7.42. The summed E-state index contributed by atoms with van der Waals surface area (Å²) in [5.74, 6) is -0.963. The number of hydrogen-bond acceptors (Lipinski definition) is 6. The summed E-state index contributed by atoms with van der Waals surface area (Å²) in [6.07, 6.45) is 1.85. The molecule has 3 N–H and O–H groups in total. The second-order valence-corrected chi connectivity index (χ2v) is 12.0. The number of thioether (sulfide) groups is 1. The van der Waals surface area contributed by atoms with E-state index in [1.54, 1.807) is 40.9 Å². The molecule has 2 bridgehead atoms. The van der Waals surface area contributed by atoms with E-state index < -0.39 is 22.6 Å². The third kappa shape index (κ3) is 4.45. The van der Waals surface area contributed by atoms with Crippen molar-refractivity contribution < 1.29 is 24.2 Å². The molecule has 3 saturated heterocycles. The Balaban J connectivity index is 1.43. The highest BCUT2D eigenvalue weighted by molar-refractivity contribution is 8.02. The molecule has 0 radical (unpaired) electrons. The van der Waals surface area contributed by atoms with Crippen LogP contribution in [-0.2, 0) is 14.4 Å². The molecule has 38 heavy (non-hydrogen) atoms. The summed E-state index contributed by atoms with van der Waals surface area (Å²) in [5, 5.41) is 15.6. The first-order chi connectivity index (χ1) is 18.3. The fraction of sp³-hybridized carbons (Fsp3) is 0.483. The monoisotopic (exact) mass is 537 g/mol. The highest BCUT2D eigenvalue weighted by Crippen LogP contribution is 2.66. The van der Waals surface area contributed by atoms with Crippen LogP contribution in [0, 0.1) is 25.7 Å². The van der Waals surface area contributed by atoms with Gasteiger partial charge >= 0.3 is 0 Å². The van der Waals surface area contributed by atoms with E-state index in [0.717, 1.165) is 29.0 Å². The van der Waals surface area contributed by atoms with Gasteiger partial charge in [0.15, 0.2) is 0 Å². The Morgan fingerprint density at radius 3 is 2.47 bits per heavy atom. The molecule has 2 aromatic rings. The number of hydrogen-bond donors (Lipinski definition) is 3. The number of amides is 3. The van der Waals surface area contributed by atoms with Crippen molar-refractivity contribution in [2.75, 3.05) is 30.4 Å². The number of nitrogens with zero attached hydrogens (tertiary/aromatic N) is 1. The van der Waals surface area contributed by atoms with Crippen LogP contribution in [-0.4, -0.2) is 63.5 Å². The molecule has 3 amide bonds. The predicted molar refractivity (Wildman–Crippen MR) is 148 cm³/mol. The maximum Gasteiger partial charge on any atom is 0.248 e. The molecule has 1 spiro atoms. The lowest BCUT2D eigenvalue weighted by molar-refractivity contribution is -0.138. The number of carbonyl (C=O) groups is 3. The van der Waals surface area contributed by atoms with Gasteiger partial charge in [-0.25, -0.2) is 0 Å². The summed E-state index contributed by atoms with van der Waals surface area (Å²) in [6.45, 7) is 6.56. The van der Waals surface area contributed by atoms with Crippen molar-refractivity contribution in [1.82, 2.24) is 4.90 Å². The molecule has 8 nitrogen and oxygen atoms in total. The highest BCUT2D eigenvalue weighted by atomic mass is 32.2. The number of fused-ring (bicyclic) bond motifs is 1. The van der Waals surface area contributed by atoms with Crippen molar-refractivity contribution in [3.05, 3.63) is 53.6 Å². The van der Waals surface area contributed by atoms with Crippen LogP contribution in [0.25, 0.3) is 0 Å². The molecule has 202 valence electrons. The zero-order valence-corrected chi connectivity index (χ0v) is 22.8. The van der Waals surface area contributed by atoms with Gasteiger partial charge < -0.3 is 25.4 Å². The van der Waals surface area contributed by atoms with Crippen molar-refractivity contribution in [2.24, 2.45) is 11.8 Å². The maximum atomic E-state index is 13.9. The minimum absolute atomic E-state index is 0.0258. The Labute approximate surface area is 227 Å². The lowest BCUT2D eigenvalue weighted by Crippen LogP contribution is -2.51. The standard InChI is InChI=1S/C29H35N3O5S/c1-4-37-20-11-9-19(10-12-20)30-26(34)22-21-13-14-29(38-21)23(22)28(36)32(15-6-16-33)25(29)27(35)31-24-17(2)7-5-8-18(24)3/h5,7-12,21-23,25,33H,4,6,13-16H2,1-3H3,(H,30,34)(H,31,35)/t21-,22+,23-,25?,29?/m0/s1. The van der Waals surface area contributed by atoms with E-state index in [4.69, 9.17) is 4.74 Å². The summed E-state index contributed by atoms with van der Waals surface area (Å²) >= 11 is 1.64. The number of rotatable bonds is 9. The molecule has 3 aliphatic rings. The number of ether oxygens (including phenoxy) is 1. The van der Waals surface area contributed by atoms with Crippen molar-refractivity contribution in [3.8, 4) is 5.75 Å². The number of aliphatic hydroxyl groups is 1. The maximum absolute atomic E-state index is 13.9. The van der Waals surface area contributed by atoms with Gasteiger partial charge in [0.2, 0.25) is 17.7 Å². The Bertz CT molecular complexity index is 1210. The van der Waals surface area contributed by atoms with Gasteiger partial charge in [0.05, 0.1) is 23.2 Å². The summed E-state index contributed by atoms with van der Waals surface area (Å²) in [5.41, 5.74) is 3.31. The average molecular weight is 538 g/mol. The SMILES string of the molecule is CCOc1ccc(NC(=O)[C@@H]2[C@@H]3CCC4(S3)C(C(=O)Nc3c(C)cccc3C)N(CCCO)C(=O)[C@H]24)cc1. The molecule has 3 heterocycles. The van der Waals surface area contributed by atoms with Gasteiger partial charge in [0.1, 0.15) is 11.8 Å². The number of para-hydroxylation sites is 1. The van der Waals surface area contributed by atoms with Crippen LogP contribution in [0.3, 0.4) is 0 Å². The molecule has 2 unspecified atom stereocenters. The molecule has 0 aliphatic carbocycles. The lowest BCUT2D eigenvalue weighted by Gasteiger charge is -2.34. The summed E-state index contributed by atoms with van der Waals surface area (Å²) < 4.78 is 4.82. The zero-order chi connectivity index (χ0) is 27.0. The third-order valence-corrected chi connectivity index (χ3v) is 10.0. The van der Waals surface area contributed by atoms with Crippen molar-refractivity contribution in [2.45, 2.75) is 56.1 Å². The number of nitrogens with one attached hydrogen (secondary N) is 2. The Hall–Kier alpha value is -3.04. The normalized spacial score (nSPS) is 27.4. The van der Waals surface area contributed by atoms with Crippen LogP contribution in [0.2, 0.25) is 0 Å². The largest absolute Gasteiger partial charge is 0.494 e. The van der Waals surface area contributed by atoms with Gasteiger partial charge in [-0.1, -0.05) is 18.2 Å². The molecular weight excluding hydrogens is 502 g/mol. The van der Waals surface area contributed by atoms with E-state index >= 15 is 0 Å². The molecule has 3 fully saturated rings. The molecule has 0 aromatic heterocycles. The third-order valence-electron chi connectivity index (χ3n) is 8.07. The molecule has 5 rings (SSSR count). The fourth-order valence-electron chi connectivity index (χ4n) is 6.47. The van der Waals surface area contributed by atoms with Crippen molar-refractivity contribution in [3.63, 3.8) is 0 Å². The lowest BCUT2D eigenvalue weighted by atomic mass is 9.70. The van der Waals surface area contributed by atoms with Gasteiger partial charge in [0.25, 0.3) is 0 Å². The Morgan fingerprint density at radius 2 is 1.82 bits per heavy atom. The van der Waals surface area contributed by atoms with Crippen LogP contribution in [0.5, 0.6) is 5.75 Å². The van der Waals surface area contributed by atoms with E-state index in [1.165, 1.54) is 0 Å². The van der Waals surface area contributed by atoms with Gasteiger partial charge in [0, 0.05) is 29.8 Å². The van der Waals surface area contributed by atoms with E-state index in [2.05, 4.69) is 10.6 Å². The number of likely N-dealkylation sites (tertiary alicyclic amines) is 1. The molecule has 0 saturated carbocycles. The molecular formula is C29H35N3O5S. The zero-order valence-electron chi connectivity index (χ0n) is 22.0. The summed E-state index contributed by atoms with van der Waals surface area (Å²) in [4.78, 5) is 43.1. The first-order valence-electron chi connectivity index (χ1n) is 13.3. The second kappa shape index (κ2) is 10.6.